The fourth-order valence-corrected chi connectivity index (χ4v) is 2.61. The van der Waals surface area contributed by atoms with Gasteiger partial charge in [0, 0.05) is 18.8 Å². The van der Waals surface area contributed by atoms with Crippen molar-refractivity contribution in [1.29, 1.82) is 0 Å². The molecule has 3 atom stereocenters. The fraction of sp³-hybridized carbons (Fsp3) is 0.846. The lowest BCUT2D eigenvalue weighted by molar-refractivity contribution is 0.225. The van der Waals surface area contributed by atoms with Crippen molar-refractivity contribution < 1.29 is 5.11 Å². The highest BCUT2D eigenvalue weighted by Gasteiger charge is 2.24. The Balaban J connectivity index is 1.77. The zero-order valence-corrected chi connectivity index (χ0v) is 11.3. The molecule has 0 bridgehead atoms. The number of rotatable bonds is 5. The molecule has 1 heterocycles. The molecule has 0 radical (unpaired) electrons. The Kier molecular flexibility index (Phi) is 4.72. The molecule has 5 heteroatoms. The molecule has 1 saturated carbocycles. The van der Waals surface area contributed by atoms with Gasteiger partial charge in [0.15, 0.2) is 0 Å². The summed E-state index contributed by atoms with van der Waals surface area (Å²) in [5, 5.41) is 20.4. The van der Waals surface area contributed by atoms with Crippen LogP contribution in [0.5, 0.6) is 0 Å². The lowest BCUT2D eigenvalue weighted by Crippen LogP contribution is -2.35. The highest BCUT2D eigenvalue weighted by atomic mass is 16.3. The molecule has 18 heavy (non-hydrogen) atoms. The van der Waals surface area contributed by atoms with Crippen LogP contribution in [-0.2, 0) is 13.1 Å². The maximum atomic E-state index is 8.81. The predicted molar refractivity (Wildman–Crippen MR) is 69.9 cm³/mol. The van der Waals surface area contributed by atoms with Gasteiger partial charge in [0.05, 0.1) is 18.8 Å². The molecule has 0 aromatic carbocycles. The molecule has 1 aromatic heterocycles. The quantitative estimate of drug-likeness (QED) is 0.826. The van der Waals surface area contributed by atoms with Crippen LogP contribution in [0.2, 0.25) is 0 Å². The van der Waals surface area contributed by atoms with E-state index in [1.807, 2.05) is 6.20 Å². The van der Waals surface area contributed by atoms with Crippen LogP contribution < -0.4 is 5.32 Å². The first kappa shape index (κ1) is 13.5. The molecule has 0 aliphatic heterocycles. The second kappa shape index (κ2) is 6.29. The summed E-state index contributed by atoms with van der Waals surface area (Å²) < 4.78 is 1.68. The Morgan fingerprint density at radius 1 is 1.39 bits per heavy atom. The van der Waals surface area contributed by atoms with E-state index in [1.165, 1.54) is 19.3 Å². The number of nitrogens with one attached hydrogen (secondary N) is 1. The Labute approximate surface area is 109 Å². The van der Waals surface area contributed by atoms with Crippen LogP contribution in [0, 0.1) is 11.8 Å². The van der Waals surface area contributed by atoms with Crippen molar-refractivity contribution in [3.05, 3.63) is 11.9 Å². The third-order valence-electron chi connectivity index (χ3n) is 4.09. The minimum Gasteiger partial charge on any atom is -0.394 e. The van der Waals surface area contributed by atoms with Gasteiger partial charge < -0.3 is 10.4 Å². The van der Waals surface area contributed by atoms with Crippen LogP contribution in [0.4, 0.5) is 0 Å². The maximum Gasteiger partial charge on any atom is 0.0964 e. The monoisotopic (exact) mass is 252 g/mol. The number of hydrogen-bond donors (Lipinski definition) is 2. The molecule has 2 N–H and O–H groups in total. The van der Waals surface area contributed by atoms with Gasteiger partial charge in [-0.15, -0.1) is 5.10 Å². The highest BCUT2D eigenvalue weighted by Crippen LogP contribution is 2.29. The topological polar surface area (TPSA) is 63.0 Å². The smallest absolute Gasteiger partial charge is 0.0964 e. The van der Waals surface area contributed by atoms with E-state index in [2.05, 4.69) is 29.5 Å². The van der Waals surface area contributed by atoms with Crippen molar-refractivity contribution in [2.45, 2.75) is 52.2 Å². The van der Waals surface area contributed by atoms with Gasteiger partial charge in [-0.2, -0.15) is 0 Å². The molecular formula is C13H24N4O. The standard InChI is InChI=1S/C13H24N4O/c1-10-3-4-12(7-11(10)2)14-8-13-9-17(5-6-18)16-15-13/h9-12,14,18H,3-8H2,1-2H3. The summed E-state index contributed by atoms with van der Waals surface area (Å²) in [6.45, 7) is 6.09. The summed E-state index contributed by atoms with van der Waals surface area (Å²) in [5.41, 5.74) is 0.953. The van der Waals surface area contributed by atoms with E-state index >= 15 is 0 Å². The minimum atomic E-state index is 0.105. The average Bonchev–Trinajstić information content (AvgIpc) is 2.79. The minimum absolute atomic E-state index is 0.105. The SMILES string of the molecule is CC1CCC(NCc2cn(CCO)nn2)CC1C. The van der Waals surface area contributed by atoms with E-state index < -0.39 is 0 Å². The van der Waals surface area contributed by atoms with Gasteiger partial charge in [-0.05, 0) is 31.1 Å². The molecule has 5 nitrogen and oxygen atoms in total. The van der Waals surface area contributed by atoms with Crippen LogP contribution >= 0.6 is 0 Å². The van der Waals surface area contributed by atoms with Gasteiger partial charge in [-0.25, -0.2) is 4.68 Å². The molecule has 0 spiro atoms. The molecule has 2 rings (SSSR count). The lowest BCUT2D eigenvalue weighted by atomic mass is 9.79. The van der Waals surface area contributed by atoms with Crippen LogP contribution in [0.15, 0.2) is 6.20 Å². The third kappa shape index (κ3) is 3.53. The largest absolute Gasteiger partial charge is 0.394 e. The van der Waals surface area contributed by atoms with Crippen LogP contribution in [-0.4, -0.2) is 32.7 Å². The van der Waals surface area contributed by atoms with Gasteiger partial charge >= 0.3 is 0 Å². The molecule has 0 amide bonds. The number of nitrogens with zero attached hydrogens (tertiary/aromatic N) is 3. The molecule has 1 aliphatic carbocycles. The van der Waals surface area contributed by atoms with Crippen LogP contribution in [0.25, 0.3) is 0 Å². The number of aliphatic hydroxyl groups is 1. The first-order valence-electron chi connectivity index (χ1n) is 6.92. The van der Waals surface area contributed by atoms with Crippen molar-refractivity contribution in [2.75, 3.05) is 6.61 Å². The Bertz CT molecular complexity index is 366. The van der Waals surface area contributed by atoms with Crippen LogP contribution in [0.1, 0.15) is 38.8 Å². The predicted octanol–water partition coefficient (Wildman–Crippen LogP) is 1.18. The molecule has 0 saturated heterocycles. The van der Waals surface area contributed by atoms with Crippen molar-refractivity contribution in [3.8, 4) is 0 Å². The Hall–Kier alpha value is -0.940. The summed E-state index contributed by atoms with van der Waals surface area (Å²) in [6.07, 6.45) is 5.73. The molecule has 3 unspecified atom stereocenters. The first-order chi connectivity index (χ1) is 8.69. The number of hydrogen-bond acceptors (Lipinski definition) is 4. The van der Waals surface area contributed by atoms with Gasteiger partial charge in [0.2, 0.25) is 0 Å². The van der Waals surface area contributed by atoms with E-state index in [0.29, 0.717) is 12.6 Å². The Morgan fingerprint density at radius 2 is 2.22 bits per heavy atom. The molecule has 1 fully saturated rings. The van der Waals surface area contributed by atoms with E-state index in [1.54, 1.807) is 4.68 Å². The fourth-order valence-electron chi connectivity index (χ4n) is 2.61. The molecule has 1 aliphatic rings. The van der Waals surface area contributed by atoms with E-state index in [9.17, 15) is 0 Å². The average molecular weight is 252 g/mol. The van der Waals surface area contributed by atoms with Gasteiger partial charge in [-0.3, -0.25) is 0 Å². The number of aliphatic hydroxyl groups excluding tert-OH is 1. The van der Waals surface area contributed by atoms with Gasteiger partial charge in [0.25, 0.3) is 0 Å². The van der Waals surface area contributed by atoms with Crippen molar-refractivity contribution in [3.63, 3.8) is 0 Å². The van der Waals surface area contributed by atoms with Crippen LogP contribution in [0.3, 0.4) is 0 Å². The van der Waals surface area contributed by atoms with E-state index in [4.69, 9.17) is 5.11 Å². The summed E-state index contributed by atoms with van der Waals surface area (Å²) in [6, 6.07) is 0.610. The summed E-state index contributed by atoms with van der Waals surface area (Å²) in [4.78, 5) is 0. The highest BCUT2D eigenvalue weighted by molar-refractivity contribution is 4.93. The third-order valence-corrected chi connectivity index (χ3v) is 4.09. The summed E-state index contributed by atoms with van der Waals surface area (Å²) in [5.74, 6) is 1.66. The second-order valence-electron chi connectivity index (χ2n) is 5.54. The van der Waals surface area contributed by atoms with Crippen molar-refractivity contribution >= 4 is 0 Å². The summed E-state index contributed by atoms with van der Waals surface area (Å²) in [7, 11) is 0. The van der Waals surface area contributed by atoms with Gasteiger partial charge in [0.1, 0.15) is 0 Å². The molecule has 102 valence electrons. The Morgan fingerprint density at radius 3 is 2.94 bits per heavy atom. The molecular weight excluding hydrogens is 228 g/mol. The second-order valence-corrected chi connectivity index (χ2v) is 5.54. The normalized spacial score (nSPS) is 28.5. The van der Waals surface area contributed by atoms with E-state index in [-0.39, 0.29) is 6.61 Å². The van der Waals surface area contributed by atoms with Crippen molar-refractivity contribution in [1.82, 2.24) is 20.3 Å². The van der Waals surface area contributed by atoms with Gasteiger partial charge in [-0.1, -0.05) is 19.1 Å². The lowest BCUT2D eigenvalue weighted by Gasteiger charge is -2.32. The number of aromatic nitrogens is 3. The zero-order valence-electron chi connectivity index (χ0n) is 11.3. The first-order valence-corrected chi connectivity index (χ1v) is 6.92. The van der Waals surface area contributed by atoms with Crippen molar-refractivity contribution in [2.24, 2.45) is 11.8 Å². The summed E-state index contributed by atoms with van der Waals surface area (Å²) >= 11 is 0. The maximum absolute atomic E-state index is 8.81. The molecule has 1 aromatic rings. The van der Waals surface area contributed by atoms with E-state index in [0.717, 1.165) is 24.1 Å². The zero-order chi connectivity index (χ0) is 13.0.